The summed E-state index contributed by atoms with van der Waals surface area (Å²) in [5.41, 5.74) is 0. The third kappa shape index (κ3) is 7.40. The lowest BCUT2D eigenvalue weighted by Gasteiger charge is -1.99. The predicted molar refractivity (Wildman–Crippen MR) is 45.2 cm³/mol. The Morgan fingerprint density at radius 1 is 1.55 bits per heavy atom. The number of ether oxygens (including phenoxy) is 1. The smallest absolute Gasteiger partial charge is 0.312 e. The minimum absolute atomic E-state index is 0.0495. The average Bonchev–Trinajstić information content (AvgIpc) is 1.86. The van der Waals surface area contributed by atoms with Crippen LogP contribution in [-0.2, 0) is 9.53 Å². The molecule has 0 aliphatic heterocycles. The second kappa shape index (κ2) is 6.23. The van der Waals surface area contributed by atoms with Gasteiger partial charge in [0.25, 0.3) is 0 Å². The van der Waals surface area contributed by atoms with Gasteiger partial charge in [0.2, 0.25) is 0 Å². The lowest BCUT2D eigenvalue weighted by molar-refractivity contribution is -0.138. The Bertz CT molecular complexity index is 143. The first-order valence-electron chi connectivity index (χ1n) is 3.72. The van der Waals surface area contributed by atoms with Crippen molar-refractivity contribution in [1.29, 1.82) is 0 Å². The number of carbonyl (C=O) groups is 1. The Labute approximate surface area is 72.2 Å². The monoisotopic (exact) mass is 176 g/mol. The highest BCUT2D eigenvalue weighted by atomic mass is 35.5. The zero-order chi connectivity index (χ0) is 8.69. The molecule has 2 nitrogen and oxygen atoms in total. The fourth-order valence-electron chi connectivity index (χ4n) is 0.694. The van der Waals surface area contributed by atoms with Crippen molar-refractivity contribution >= 4 is 17.6 Å². The molecule has 0 aliphatic carbocycles. The molecule has 0 aromatic heterocycles. The summed E-state index contributed by atoms with van der Waals surface area (Å²) in [7, 11) is 0. The van der Waals surface area contributed by atoms with Crippen molar-refractivity contribution in [2.75, 3.05) is 0 Å². The molecule has 0 rings (SSSR count). The molecule has 3 heteroatoms. The van der Waals surface area contributed by atoms with Crippen LogP contribution in [0.3, 0.4) is 0 Å². The first-order chi connectivity index (χ1) is 5.16. The molecule has 0 aliphatic rings. The lowest BCUT2D eigenvalue weighted by atomic mass is 10.2. The van der Waals surface area contributed by atoms with Gasteiger partial charge < -0.3 is 4.74 Å². The standard InChI is InChI=1S/C8H13ClO2/c1-3-4-5-6-8(10)11-7(2)9/h2-6H2,1H3. The number of unbranched alkanes of at least 4 members (excludes halogenated alkanes) is 2. The first kappa shape index (κ1) is 10.5. The highest BCUT2D eigenvalue weighted by Crippen LogP contribution is 2.05. The molecule has 0 heterocycles. The van der Waals surface area contributed by atoms with E-state index in [1.165, 1.54) is 0 Å². The lowest BCUT2D eigenvalue weighted by Crippen LogP contribution is -2.00. The van der Waals surface area contributed by atoms with Gasteiger partial charge in [-0.3, -0.25) is 4.79 Å². The third-order valence-corrected chi connectivity index (χ3v) is 1.29. The fraction of sp³-hybridized carbons (Fsp3) is 0.625. The van der Waals surface area contributed by atoms with E-state index in [0.717, 1.165) is 19.3 Å². The number of esters is 1. The Balaban J connectivity index is 3.30. The summed E-state index contributed by atoms with van der Waals surface area (Å²) in [6.07, 6.45) is 3.43. The van der Waals surface area contributed by atoms with Crippen LogP contribution in [0.5, 0.6) is 0 Å². The molecule has 0 aromatic carbocycles. The summed E-state index contributed by atoms with van der Waals surface area (Å²) in [6, 6.07) is 0. The van der Waals surface area contributed by atoms with Crippen molar-refractivity contribution in [3.05, 3.63) is 11.8 Å². The largest absolute Gasteiger partial charge is 0.415 e. The summed E-state index contributed by atoms with van der Waals surface area (Å²) >= 11 is 5.25. The van der Waals surface area contributed by atoms with E-state index < -0.39 is 0 Å². The third-order valence-electron chi connectivity index (χ3n) is 1.21. The SMILES string of the molecule is C=C(Cl)OC(=O)CCCCC. The van der Waals surface area contributed by atoms with Gasteiger partial charge in [-0.15, -0.1) is 0 Å². The maximum absolute atomic E-state index is 10.8. The van der Waals surface area contributed by atoms with Gasteiger partial charge in [-0.05, 0) is 24.6 Å². The quantitative estimate of drug-likeness (QED) is 0.366. The van der Waals surface area contributed by atoms with E-state index >= 15 is 0 Å². The van der Waals surface area contributed by atoms with Crippen LogP contribution in [0.25, 0.3) is 0 Å². The molecule has 0 aromatic rings. The highest BCUT2D eigenvalue weighted by Gasteiger charge is 2.02. The van der Waals surface area contributed by atoms with Crippen LogP contribution in [0.2, 0.25) is 0 Å². The molecule has 0 saturated carbocycles. The van der Waals surface area contributed by atoms with Gasteiger partial charge in [-0.1, -0.05) is 19.8 Å². The van der Waals surface area contributed by atoms with Crippen molar-refractivity contribution < 1.29 is 9.53 Å². The molecule has 64 valence electrons. The molecule has 0 atom stereocenters. The van der Waals surface area contributed by atoms with Crippen LogP contribution in [0.4, 0.5) is 0 Å². The second-order valence-electron chi connectivity index (χ2n) is 2.29. The molecule has 0 fully saturated rings. The minimum atomic E-state index is -0.293. The second-order valence-corrected chi connectivity index (χ2v) is 2.71. The number of hydrogen-bond donors (Lipinski definition) is 0. The summed E-state index contributed by atoms with van der Waals surface area (Å²) in [6.45, 7) is 5.32. The molecule has 0 amide bonds. The maximum Gasteiger partial charge on any atom is 0.312 e. The van der Waals surface area contributed by atoms with Crippen LogP contribution in [0.1, 0.15) is 32.6 Å². The van der Waals surface area contributed by atoms with Gasteiger partial charge in [-0.25, -0.2) is 0 Å². The molecule has 0 N–H and O–H groups in total. The Kier molecular flexibility index (Phi) is 5.94. The summed E-state index contributed by atoms with van der Waals surface area (Å²) < 4.78 is 4.53. The van der Waals surface area contributed by atoms with Gasteiger partial charge >= 0.3 is 5.97 Å². The van der Waals surface area contributed by atoms with Crippen molar-refractivity contribution in [3.63, 3.8) is 0 Å². The summed E-state index contributed by atoms with van der Waals surface area (Å²) in [5, 5.41) is -0.0495. The van der Waals surface area contributed by atoms with Gasteiger partial charge in [0.05, 0.1) is 0 Å². The maximum atomic E-state index is 10.8. The van der Waals surface area contributed by atoms with Gasteiger partial charge in [0.1, 0.15) is 0 Å². The number of carbonyl (C=O) groups excluding carboxylic acids is 1. The van der Waals surface area contributed by atoms with E-state index in [2.05, 4.69) is 18.2 Å². The van der Waals surface area contributed by atoms with Crippen molar-refractivity contribution in [2.24, 2.45) is 0 Å². The van der Waals surface area contributed by atoms with Gasteiger partial charge in [-0.2, -0.15) is 0 Å². The van der Waals surface area contributed by atoms with E-state index in [1.54, 1.807) is 0 Å². The van der Waals surface area contributed by atoms with Gasteiger partial charge in [0.15, 0.2) is 5.22 Å². The van der Waals surface area contributed by atoms with Crippen LogP contribution >= 0.6 is 11.6 Å². The molecule has 0 bridgehead atoms. The average molecular weight is 177 g/mol. The van der Waals surface area contributed by atoms with Crippen LogP contribution in [0, 0.1) is 0 Å². The van der Waals surface area contributed by atoms with E-state index in [0.29, 0.717) is 6.42 Å². The number of rotatable bonds is 5. The van der Waals surface area contributed by atoms with Crippen molar-refractivity contribution in [2.45, 2.75) is 32.6 Å². The molecule has 0 spiro atoms. The van der Waals surface area contributed by atoms with E-state index in [9.17, 15) is 4.79 Å². The van der Waals surface area contributed by atoms with E-state index in [4.69, 9.17) is 11.6 Å². The summed E-state index contributed by atoms with van der Waals surface area (Å²) in [4.78, 5) is 10.8. The Morgan fingerprint density at radius 2 is 2.18 bits per heavy atom. The molecule has 11 heavy (non-hydrogen) atoms. The van der Waals surface area contributed by atoms with Crippen molar-refractivity contribution in [1.82, 2.24) is 0 Å². The van der Waals surface area contributed by atoms with E-state index in [-0.39, 0.29) is 11.2 Å². The molecular formula is C8H13ClO2. The number of hydrogen-bond acceptors (Lipinski definition) is 2. The van der Waals surface area contributed by atoms with Crippen LogP contribution in [-0.4, -0.2) is 5.97 Å². The topological polar surface area (TPSA) is 26.3 Å². The minimum Gasteiger partial charge on any atom is -0.415 e. The fourth-order valence-corrected chi connectivity index (χ4v) is 0.780. The zero-order valence-electron chi connectivity index (χ0n) is 6.73. The normalized spacial score (nSPS) is 9.27. The van der Waals surface area contributed by atoms with E-state index in [1.807, 2.05) is 0 Å². The Morgan fingerprint density at radius 3 is 2.64 bits per heavy atom. The Hall–Kier alpha value is -0.500. The van der Waals surface area contributed by atoms with Crippen LogP contribution < -0.4 is 0 Å². The molecular weight excluding hydrogens is 164 g/mol. The molecule has 0 saturated heterocycles. The number of halogens is 1. The first-order valence-corrected chi connectivity index (χ1v) is 4.09. The molecule has 0 unspecified atom stereocenters. The van der Waals surface area contributed by atoms with Gasteiger partial charge in [0, 0.05) is 6.42 Å². The van der Waals surface area contributed by atoms with Crippen molar-refractivity contribution in [3.8, 4) is 0 Å². The highest BCUT2D eigenvalue weighted by molar-refractivity contribution is 6.28. The molecule has 0 radical (unpaired) electrons. The predicted octanol–water partition coefficient (Wildman–Crippen LogP) is 2.82. The summed E-state index contributed by atoms with van der Waals surface area (Å²) in [5.74, 6) is -0.293. The van der Waals surface area contributed by atoms with Crippen LogP contribution in [0.15, 0.2) is 11.8 Å². The zero-order valence-corrected chi connectivity index (χ0v) is 7.49.